The second-order valence-corrected chi connectivity index (χ2v) is 8.48. The SMILES string of the molecule is CCN(CC)c1ccc2c(-c3ccc(N)c(N)c3C(=O)O)c3ccc(=[N+](CC)CC)cc-3oc2c1. The number of hydrogen-bond acceptors (Lipinski definition) is 5. The van der Waals surface area contributed by atoms with Gasteiger partial charge in [0.1, 0.15) is 24.4 Å². The Morgan fingerprint density at radius 2 is 1.63 bits per heavy atom. The maximum absolute atomic E-state index is 12.3. The van der Waals surface area contributed by atoms with Gasteiger partial charge in [-0.2, -0.15) is 0 Å². The predicted molar refractivity (Wildman–Crippen MR) is 144 cm³/mol. The van der Waals surface area contributed by atoms with Crippen LogP contribution in [-0.2, 0) is 0 Å². The number of hydrogen-bond donors (Lipinski definition) is 3. The molecule has 2 aromatic carbocycles. The lowest BCUT2D eigenvalue weighted by molar-refractivity contribution is 0.0699. The average molecular weight is 474 g/mol. The molecule has 7 heteroatoms. The summed E-state index contributed by atoms with van der Waals surface area (Å²) in [7, 11) is 0. The van der Waals surface area contributed by atoms with Gasteiger partial charge in [0.15, 0.2) is 0 Å². The normalized spacial score (nSPS) is 11.2. The van der Waals surface area contributed by atoms with Gasteiger partial charge >= 0.3 is 5.97 Å². The number of nitrogens with two attached hydrogens (primary N) is 2. The van der Waals surface area contributed by atoms with E-state index < -0.39 is 5.97 Å². The van der Waals surface area contributed by atoms with Crippen molar-refractivity contribution in [3.8, 4) is 22.5 Å². The van der Waals surface area contributed by atoms with E-state index in [-0.39, 0.29) is 16.9 Å². The van der Waals surface area contributed by atoms with Gasteiger partial charge in [0.2, 0.25) is 5.36 Å². The monoisotopic (exact) mass is 473 g/mol. The van der Waals surface area contributed by atoms with Crippen LogP contribution in [0.5, 0.6) is 0 Å². The number of nitrogens with zero attached hydrogens (tertiary/aromatic N) is 2. The van der Waals surface area contributed by atoms with Crippen molar-refractivity contribution in [2.45, 2.75) is 27.7 Å². The van der Waals surface area contributed by atoms with E-state index in [0.29, 0.717) is 16.9 Å². The molecule has 182 valence electrons. The number of carboxylic acid groups (broad SMARTS) is 1. The molecule has 0 atom stereocenters. The Kier molecular flexibility index (Phi) is 6.69. The van der Waals surface area contributed by atoms with Crippen LogP contribution in [0.15, 0.2) is 52.9 Å². The number of benzene rings is 3. The Labute approximate surface area is 205 Å². The summed E-state index contributed by atoms with van der Waals surface area (Å²) in [6.45, 7) is 11.9. The lowest BCUT2D eigenvalue weighted by Gasteiger charge is -2.23. The zero-order chi connectivity index (χ0) is 25.3. The van der Waals surface area contributed by atoms with Crippen molar-refractivity contribution < 1.29 is 14.3 Å². The van der Waals surface area contributed by atoms with Gasteiger partial charge in [-0.15, -0.1) is 0 Å². The van der Waals surface area contributed by atoms with Crippen molar-refractivity contribution in [2.75, 3.05) is 42.5 Å². The first-order chi connectivity index (χ1) is 16.8. The van der Waals surface area contributed by atoms with E-state index in [1.165, 1.54) is 0 Å². The number of carboxylic acids is 1. The number of nitrogen functional groups attached to an aromatic ring is 2. The van der Waals surface area contributed by atoms with Crippen LogP contribution in [0.3, 0.4) is 0 Å². The average Bonchev–Trinajstić information content (AvgIpc) is 2.85. The molecule has 0 aromatic heterocycles. The highest BCUT2D eigenvalue weighted by Gasteiger charge is 2.25. The Hall–Kier alpha value is -4.00. The van der Waals surface area contributed by atoms with Crippen molar-refractivity contribution in [3.05, 3.63) is 59.5 Å². The first-order valence-corrected chi connectivity index (χ1v) is 12.1. The third kappa shape index (κ3) is 4.18. The Bertz CT molecular complexity index is 1440. The molecule has 0 fully saturated rings. The predicted octanol–water partition coefficient (Wildman–Crippen LogP) is 4.73. The maximum Gasteiger partial charge on any atom is 0.338 e. The minimum Gasteiger partial charge on any atom is -0.478 e. The van der Waals surface area contributed by atoms with E-state index in [4.69, 9.17) is 15.9 Å². The number of fused-ring (bicyclic) bond motifs is 2. The number of carbonyl (C=O) groups is 1. The van der Waals surface area contributed by atoms with E-state index >= 15 is 0 Å². The van der Waals surface area contributed by atoms with Crippen molar-refractivity contribution in [3.63, 3.8) is 0 Å². The number of anilines is 3. The van der Waals surface area contributed by atoms with Gasteiger partial charge in [0, 0.05) is 47.4 Å². The fraction of sp³-hybridized carbons (Fsp3) is 0.286. The van der Waals surface area contributed by atoms with E-state index in [0.717, 1.165) is 53.7 Å². The molecule has 0 saturated carbocycles. The Morgan fingerprint density at radius 3 is 2.26 bits per heavy atom. The highest BCUT2D eigenvalue weighted by molar-refractivity contribution is 6.11. The summed E-state index contributed by atoms with van der Waals surface area (Å²) in [6.07, 6.45) is 0. The van der Waals surface area contributed by atoms with Crippen LogP contribution in [0.25, 0.3) is 33.4 Å². The smallest absolute Gasteiger partial charge is 0.338 e. The van der Waals surface area contributed by atoms with E-state index in [2.05, 4.69) is 37.2 Å². The molecule has 1 aliphatic heterocycles. The molecule has 7 nitrogen and oxygen atoms in total. The number of aromatic carboxylic acids is 1. The van der Waals surface area contributed by atoms with Crippen LogP contribution in [0.1, 0.15) is 38.1 Å². The highest BCUT2D eigenvalue weighted by Crippen LogP contribution is 2.43. The molecule has 2 aliphatic rings. The lowest BCUT2D eigenvalue weighted by atomic mass is 9.89. The van der Waals surface area contributed by atoms with Crippen molar-refractivity contribution >= 4 is 34.0 Å². The van der Waals surface area contributed by atoms with Crippen LogP contribution in [-0.4, -0.2) is 37.3 Å². The molecule has 0 spiro atoms. The maximum atomic E-state index is 12.3. The van der Waals surface area contributed by atoms with Crippen LogP contribution in [0.4, 0.5) is 17.1 Å². The Balaban J connectivity index is 2.17. The fourth-order valence-electron chi connectivity index (χ4n) is 4.80. The van der Waals surface area contributed by atoms with Gasteiger partial charge in [0.25, 0.3) is 0 Å². The molecule has 0 bridgehead atoms. The van der Waals surface area contributed by atoms with Crippen LogP contribution in [0.2, 0.25) is 0 Å². The molecule has 2 aromatic rings. The summed E-state index contributed by atoms with van der Waals surface area (Å²) in [5.41, 5.74) is 16.3. The molecule has 1 heterocycles. The zero-order valence-electron chi connectivity index (χ0n) is 20.8. The minimum atomic E-state index is -1.12. The largest absolute Gasteiger partial charge is 0.478 e. The van der Waals surface area contributed by atoms with Gasteiger partial charge < -0.3 is 25.9 Å². The fourth-order valence-corrected chi connectivity index (χ4v) is 4.80. The van der Waals surface area contributed by atoms with Gasteiger partial charge in [-0.05, 0) is 57.5 Å². The van der Waals surface area contributed by atoms with Gasteiger partial charge in [-0.3, -0.25) is 0 Å². The molecule has 0 radical (unpaired) electrons. The first-order valence-electron chi connectivity index (χ1n) is 12.1. The third-order valence-electron chi connectivity index (χ3n) is 6.71. The Morgan fingerprint density at radius 1 is 0.943 bits per heavy atom. The lowest BCUT2D eigenvalue weighted by Crippen LogP contribution is -2.29. The van der Waals surface area contributed by atoms with E-state index in [1.807, 2.05) is 36.4 Å². The van der Waals surface area contributed by atoms with E-state index in [1.54, 1.807) is 12.1 Å². The number of rotatable bonds is 7. The second-order valence-electron chi connectivity index (χ2n) is 8.48. The summed E-state index contributed by atoms with van der Waals surface area (Å²) in [5.74, 6) is -0.438. The standard InChI is InChI=1S/C28H32N4O3/c1-5-31(6-2)17-9-11-19-23(15-17)35-24-16-18(32(7-3)8-4)10-12-20(24)25(19)21-13-14-22(29)27(30)26(21)28(33)34/h9-16,29H,5-8,30H2,1-4H3,(H,33,34)/p+1. The van der Waals surface area contributed by atoms with Crippen molar-refractivity contribution in [1.29, 1.82) is 0 Å². The highest BCUT2D eigenvalue weighted by atomic mass is 16.4. The second kappa shape index (κ2) is 9.70. The summed E-state index contributed by atoms with van der Waals surface area (Å²) < 4.78 is 8.71. The molecule has 4 rings (SSSR count). The van der Waals surface area contributed by atoms with Gasteiger partial charge in [-0.25, -0.2) is 9.37 Å². The summed E-state index contributed by atoms with van der Waals surface area (Å²) in [4.78, 5) is 14.6. The molecule has 0 saturated heterocycles. The summed E-state index contributed by atoms with van der Waals surface area (Å²) in [6, 6.07) is 15.5. The van der Waals surface area contributed by atoms with Crippen LogP contribution < -0.4 is 26.3 Å². The molecule has 1 aliphatic carbocycles. The quantitative estimate of drug-likeness (QED) is 0.203. The molecule has 35 heavy (non-hydrogen) atoms. The summed E-state index contributed by atoms with van der Waals surface area (Å²) >= 11 is 0. The molecule has 5 N–H and O–H groups in total. The molecule has 0 unspecified atom stereocenters. The van der Waals surface area contributed by atoms with Gasteiger partial charge in [0.05, 0.1) is 23.0 Å². The molecular weight excluding hydrogens is 440 g/mol. The van der Waals surface area contributed by atoms with Crippen LogP contribution in [0, 0.1) is 0 Å². The minimum absolute atomic E-state index is 0.000520. The topological polar surface area (TPSA) is 109 Å². The van der Waals surface area contributed by atoms with Crippen LogP contribution >= 0.6 is 0 Å². The van der Waals surface area contributed by atoms with Gasteiger partial charge in [-0.1, -0.05) is 6.07 Å². The first kappa shape index (κ1) is 24.1. The summed E-state index contributed by atoms with van der Waals surface area (Å²) in [5, 5.41) is 11.9. The van der Waals surface area contributed by atoms with E-state index in [9.17, 15) is 9.90 Å². The third-order valence-corrected chi connectivity index (χ3v) is 6.71. The van der Waals surface area contributed by atoms with Crippen molar-refractivity contribution in [2.24, 2.45) is 0 Å². The van der Waals surface area contributed by atoms with Crippen molar-refractivity contribution in [1.82, 2.24) is 4.58 Å². The molecular formula is C28H33N4O3+. The molecule has 0 amide bonds. The zero-order valence-corrected chi connectivity index (χ0v) is 20.8.